The smallest absolute Gasteiger partial charge is 0.246 e. The second-order valence-electron chi connectivity index (χ2n) is 6.77. The predicted octanol–water partition coefficient (Wildman–Crippen LogP) is 0.596. The number of morpholine rings is 1. The number of halogens is 1. The summed E-state index contributed by atoms with van der Waals surface area (Å²) in [5, 5.41) is 0. The quantitative estimate of drug-likeness (QED) is 0.750. The molecule has 1 unspecified atom stereocenters. The monoisotopic (exact) mass is 379 g/mol. The Bertz CT molecular complexity index is 649. The summed E-state index contributed by atoms with van der Waals surface area (Å²) in [5.74, 6) is 0.216. The number of benzene rings is 1. The number of carbonyl (C=O) groups excluding carboxylic acids is 2. The lowest BCUT2D eigenvalue weighted by molar-refractivity contribution is -0.151. The molecule has 2 amide bonds. The van der Waals surface area contributed by atoms with E-state index in [0.717, 1.165) is 0 Å². The van der Waals surface area contributed by atoms with E-state index >= 15 is 0 Å². The van der Waals surface area contributed by atoms with E-state index in [4.69, 9.17) is 9.47 Å². The van der Waals surface area contributed by atoms with Crippen molar-refractivity contribution in [1.82, 2.24) is 14.7 Å². The molecule has 8 heteroatoms. The largest absolute Gasteiger partial charge is 0.492 e. The van der Waals surface area contributed by atoms with Gasteiger partial charge >= 0.3 is 0 Å². The summed E-state index contributed by atoms with van der Waals surface area (Å²) in [5.41, 5.74) is 0. The maximum absolute atomic E-state index is 12.9. The zero-order chi connectivity index (χ0) is 19.2. The number of amides is 2. The third-order valence-electron chi connectivity index (χ3n) is 4.97. The average Bonchev–Trinajstić information content (AvgIpc) is 2.69. The standard InChI is InChI=1S/C19H26FN3O4/c1-15(24)23-7-6-21(8-13-27-17-4-2-16(20)3-5-17)14-18(23)19(25)22-9-11-26-12-10-22/h2-5,18H,6-14H2,1H3. The first-order chi connectivity index (χ1) is 13.0. The van der Waals surface area contributed by atoms with Gasteiger partial charge in [-0.2, -0.15) is 0 Å². The van der Waals surface area contributed by atoms with Crippen LogP contribution in [0.5, 0.6) is 5.75 Å². The van der Waals surface area contributed by atoms with Gasteiger partial charge in [0.05, 0.1) is 13.2 Å². The van der Waals surface area contributed by atoms with Crippen LogP contribution in [0.15, 0.2) is 24.3 Å². The lowest BCUT2D eigenvalue weighted by Gasteiger charge is -2.42. The first-order valence-corrected chi connectivity index (χ1v) is 9.29. The summed E-state index contributed by atoms with van der Waals surface area (Å²) >= 11 is 0. The van der Waals surface area contributed by atoms with Gasteiger partial charge in [0, 0.05) is 46.2 Å². The van der Waals surface area contributed by atoms with Crippen LogP contribution in [0.1, 0.15) is 6.92 Å². The van der Waals surface area contributed by atoms with Crippen molar-refractivity contribution in [2.75, 3.05) is 59.1 Å². The summed E-state index contributed by atoms with van der Waals surface area (Å²) in [6.45, 7) is 6.48. The molecule has 1 aromatic rings. The number of nitrogens with zero attached hydrogens (tertiary/aromatic N) is 3. The summed E-state index contributed by atoms with van der Waals surface area (Å²) in [7, 11) is 0. The van der Waals surface area contributed by atoms with Crippen molar-refractivity contribution in [3.8, 4) is 5.75 Å². The van der Waals surface area contributed by atoms with Gasteiger partial charge in [-0.15, -0.1) is 0 Å². The van der Waals surface area contributed by atoms with Crippen molar-refractivity contribution in [1.29, 1.82) is 0 Å². The van der Waals surface area contributed by atoms with Gasteiger partial charge in [0.1, 0.15) is 24.2 Å². The van der Waals surface area contributed by atoms with Gasteiger partial charge in [0.25, 0.3) is 0 Å². The minimum atomic E-state index is -0.472. The highest BCUT2D eigenvalue weighted by atomic mass is 19.1. The van der Waals surface area contributed by atoms with E-state index < -0.39 is 6.04 Å². The molecule has 148 valence electrons. The van der Waals surface area contributed by atoms with E-state index in [1.165, 1.54) is 19.1 Å². The van der Waals surface area contributed by atoms with Crippen molar-refractivity contribution in [2.24, 2.45) is 0 Å². The Labute approximate surface area is 158 Å². The molecule has 2 aliphatic heterocycles. The number of ether oxygens (including phenoxy) is 2. The highest BCUT2D eigenvalue weighted by Gasteiger charge is 2.36. The van der Waals surface area contributed by atoms with Crippen molar-refractivity contribution in [3.63, 3.8) is 0 Å². The summed E-state index contributed by atoms with van der Waals surface area (Å²) < 4.78 is 23.9. The SMILES string of the molecule is CC(=O)N1CCN(CCOc2ccc(F)cc2)CC1C(=O)N1CCOCC1. The van der Waals surface area contributed by atoms with Crippen molar-refractivity contribution in [2.45, 2.75) is 13.0 Å². The van der Waals surface area contributed by atoms with Crippen LogP contribution >= 0.6 is 0 Å². The minimum Gasteiger partial charge on any atom is -0.492 e. The molecule has 2 aliphatic rings. The fourth-order valence-corrected chi connectivity index (χ4v) is 3.45. The van der Waals surface area contributed by atoms with Gasteiger partial charge in [-0.05, 0) is 24.3 Å². The van der Waals surface area contributed by atoms with Crippen molar-refractivity contribution < 1.29 is 23.5 Å². The number of carbonyl (C=O) groups is 2. The fraction of sp³-hybridized carbons (Fsp3) is 0.579. The van der Waals surface area contributed by atoms with E-state index in [1.807, 2.05) is 0 Å². The lowest BCUT2D eigenvalue weighted by Crippen LogP contribution is -2.62. The molecule has 3 rings (SSSR count). The van der Waals surface area contributed by atoms with E-state index in [2.05, 4.69) is 4.90 Å². The molecule has 0 saturated carbocycles. The molecule has 1 aromatic carbocycles. The average molecular weight is 379 g/mol. The molecule has 0 spiro atoms. The Hall–Kier alpha value is -2.19. The fourth-order valence-electron chi connectivity index (χ4n) is 3.45. The Morgan fingerprint density at radius 1 is 1.15 bits per heavy atom. The number of rotatable bonds is 5. The predicted molar refractivity (Wildman–Crippen MR) is 96.9 cm³/mol. The van der Waals surface area contributed by atoms with Crippen LogP contribution in [-0.2, 0) is 14.3 Å². The van der Waals surface area contributed by atoms with E-state index in [1.54, 1.807) is 21.9 Å². The lowest BCUT2D eigenvalue weighted by atomic mass is 10.1. The Balaban J connectivity index is 1.55. The van der Waals surface area contributed by atoms with Gasteiger partial charge in [0.15, 0.2) is 0 Å². The molecule has 0 aliphatic carbocycles. The highest BCUT2D eigenvalue weighted by molar-refractivity contribution is 5.87. The van der Waals surface area contributed by atoms with Crippen LogP contribution in [0.2, 0.25) is 0 Å². The third-order valence-corrected chi connectivity index (χ3v) is 4.97. The highest BCUT2D eigenvalue weighted by Crippen LogP contribution is 2.15. The number of hydrogen-bond donors (Lipinski definition) is 0. The molecule has 0 bridgehead atoms. The molecule has 2 saturated heterocycles. The topological polar surface area (TPSA) is 62.3 Å². The van der Waals surface area contributed by atoms with Gasteiger partial charge in [0.2, 0.25) is 11.8 Å². The Kier molecular flexibility index (Phi) is 6.63. The molecule has 7 nitrogen and oxygen atoms in total. The molecular formula is C19H26FN3O4. The molecule has 0 aromatic heterocycles. The molecule has 1 atom stereocenters. The second kappa shape index (κ2) is 9.14. The second-order valence-corrected chi connectivity index (χ2v) is 6.77. The zero-order valence-electron chi connectivity index (χ0n) is 15.6. The zero-order valence-corrected chi connectivity index (χ0v) is 15.6. The molecule has 0 N–H and O–H groups in total. The van der Waals surface area contributed by atoms with Gasteiger partial charge < -0.3 is 19.3 Å². The van der Waals surface area contributed by atoms with E-state index in [0.29, 0.717) is 64.8 Å². The first-order valence-electron chi connectivity index (χ1n) is 9.29. The molecule has 27 heavy (non-hydrogen) atoms. The Morgan fingerprint density at radius 3 is 2.52 bits per heavy atom. The molecular weight excluding hydrogens is 353 g/mol. The maximum atomic E-state index is 12.9. The third kappa shape index (κ3) is 5.17. The van der Waals surface area contributed by atoms with Gasteiger partial charge in [-0.1, -0.05) is 0 Å². The van der Waals surface area contributed by atoms with Gasteiger partial charge in [-0.3, -0.25) is 14.5 Å². The molecule has 2 fully saturated rings. The maximum Gasteiger partial charge on any atom is 0.246 e. The number of piperazine rings is 1. The summed E-state index contributed by atoms with van der Waals surface area (Å²) in [4.78, 5) is 30.5. The molecule has 0 radical (unpaired) electrons. The summed E-state index contributed by atoms with van der Waals surface area (Å²) in [6, 6.07) is 5.43. The van der Waals surface area contributed by atoms with Crippen molar-refractivity contribution >= 4 is 11.8 Å². The van der Waals surface area contributed by atoms with Crippen LogP contribution < -0.4 is 4.74 Å². The minimum absolute atomic E-state index is 0.0161. The summed E-state index contributed by atoms with van der Waals surface area (Å²) in [6.07, 6.45) is 0. The van der Waals surface area contributed by atoms with Crippen LogP contribution in [-0.4, -0.2) is 91.6 Å². The number of hydrogen-bond acceptors (Lipinski definition) is 5. The van der Waals surface area contributed by atoms with Crippen molar-refractivity contribution in [3.05, 3.63) is 30.1 Å². The van der Waals surface area contributed by atoms with Crippen LogP contribution in [0.4, 0.5) is 4.39 Å². The van der Waals surface area contributed by atoms with E-state index in [-0.39, 0.29) is 17.6 Å². The molecule has 2 heterocycles. The first kappa shape index (κ1) is 19.6. The van der Waals surface area contributed by atoms with Crippen LogP contribution in [0.3, 0.4) is 0 Å². The van der Waals surface area contributed by atoms with Gasteiger partial charge in [-0.25, -0.2) is 4.39 Å². The van der Waals surface area contributed by atoms with E-state index in [9.17, 15) is 14.0 Å². The van der Waals surface area contributed by atoms with Crippen LogP contribution in [0, 0.1) is 5.82 Å². The normalized spacial score (nSPS) is 21.2. The Morgan fingerprint density at radius 2 is 1.85 bits per heavy atom. The van der Waals surface area contributed by atoms with Crippen LogP contribution in [0.25, 0.3) is 0 Å².